The fourth-order valence-corrected chi connectivity index (χ4v) is 1.82. The molecule has 108 valence electrons. The predicted octanol–water partition coefficient (Wildman–Crippen LogP) is 6.64. The van der Waals surface area contributed by atoms with Crippen molar-refractivity contribution in [1.29, 1.82) is 0 Å². The fraction of sp³-hybridized carbons (Fsp3) is 0.474. The average Bonchev–Trinajstić information content (AvgIpc) is 2.51. The van der Waals surface area contributed by atoms with Gasteiger partial charge in [0.2, 0.25) is 0 Å². The van der Waals surface area contributed by atoms with E-state index in [2.05, 4.69) is 56.9 Å². The highest BCUT2D eigenvalue weighted by molar-refractivity contribution is 5.37. The summed E-state index contributed by atoms with van der Waals surface area (Å²) in [6.45, 7) is 16.1. The van der Waals surface area contributed by atoms with E-state index >= 15 is 0 Å². The third-order valence-electron chi connectivity index (χ3n) is 2.69. The molecule has 0 saturated carbocycles. The van der Waals surface area contributed by atoms with Gasteiger partial charge in [0.05, 0.1) is 0 Å². The molecule has 0 aromatic rings. The predicted molar refractivity (Wildman–Crippen MR) is 91.4 cm³/mol. The summed E-state index contributed by atoms with van der Waals surface area (Å²) in [5.74, 6) is 0.468. The fourth-order valence-electron chi connectivity index (χ4n) is 1.82. The number of hydrogen-bond donors (Lipinski definition) is 0. The molecule has 0 amide bonds. The Balaban J connectivity index is 0. The van der Waals surface area contributed by atoms with Gasteiger partial charge >= 0.3 is 0 Å². The van der Waals surface area contributed by atoms with Crippen molar-refractivity contribution >= 4 is 0 Å². The zero-order chi connectivity index (χ0) is 15.1. The summed E-state index contributed by atoms with van der Waals surface area (Å²) in [6.07, 6.45) is 17.4. The second-order valence-electron chi connectivity index (χ2n) is 3.81. The highest BCUT2D eigenvalue weighted by atomic mass is 14.1. The molecule has 1 aliphatic rings. The van der Waals surface area contributed by atoms with E-state index < -0.39 is 0 Å². The molecular weight excluding hydrogens is 228 g/mol. The van der Waals surface area contributed by atoms with Gasteiger partial charge in [0.25, 0.3) is 0 Å². The van der Waals surface area contributed by atoms with E-state index in [1.165, 1.54) is 24.0 Å². The lowest BCUT2D eigenvalue weighted by Gasteiger charge is -2.16. The van der Waals surface area contributed by atoms with Crippen LogP contribution in [0.1, 0.15) is 54.4 Å². The summed E-state index contributed by atoms with van der Waals surface area (Å²) >= 11 is 0. The van der Waals surface area contributed by atoms with Gasteiger partial charge in [-0.2, -0.15) is 0 Å². The Bertz CT molecular complexity index is 324. The van der Waals surface area contributed by atoms with Gasteiger partial charge in [0, 0.05) is 5.92 Å². The molecule has 0 bridgehead atoms. The molecule has 0 aliphatic heterocycles. The van der Waals surface area contributed by atoms with Crippen molar-refractivity contribution in [2.24, 2.45) is 5.92 Å². The second kappa shape index (κ2) is 14.8. The Morgan fingerprint density at radius 3 is 2.26 bits per heavy atom. The molecule has 0 fully saturated rings. The van der Waals surface area contributed by atoms with Gasteiger partial charge < -0.3 is 0 Å². The Hall–Kier alpha value is -1.30. The van der Waals surface area contributed by atoms with Crippen molar-refractivity contribution in [3.8, 4) is 0 Å². The van der Waals surface area contributed by atoms with Gasteiger partial charge in [0.1, 0.15) is 0 Å². The SMILES string of the molecule is C=C/C=C(\C=C/C)C(C)C1=CCCC=C1.CC.CC. The lowest BCUT2D eigenvalue weighted by Crippen LogP contribution is -2.02. The summed E-state index contributed by atoms with van der Waals surface area (Å²) in [6, 6.07) is 0. The molecule has 1 aliphatic carbocycles. The van der Waals surface area contributed by atoms with Gasteiger partial charge in [-0.3, -0.25) is 0 Å². The zero-order valence-corrected chi connectivity index (χ0v) is 13.7. The van der Waals surface area contributed by atoms with Crippen molar-refractivity contribution in [2.75, 3.05) is 0 Å². The molecule has 0 saturated heterocycles. The van der Waals surface area contributed by atoms with Crippen LogP contribution < -0.4 is 0 Å². The topological polar surface area (TPSA) is 0 Å². The van der Waals surface area contributed by atoms with E-state index in [1.54, 1.807) is 0 Å². The maximum absolute atomic E-state index is 3.76. The minimum Gasteiger partial charge on any atom is -0.0991 e. The monoisotopic (exact) mass is 260 g/mol. The molecular formula is C19H32. The summed E-state index contributed by atoms with van der Waals surface area (Å²) in [7, 11) is 0. The summed E-state index contributed by atoms with van der Waals surface area (Å²) < 4.78 is 0. The van der Waals surface area contributed by atoms with Crippen molar-refractivity contribution in [2.45, 2.75) is 54.4 Å². The largest absolute Gasteiger partial charge is 0.0991 e. The van der Waals surface area contributed by atoms with Crippen molar-refractivity contribution in [3.05, 3.63) is 60.3 Å². The van der Waals surface area contributed by atoms with Crippen LogP contribution in [0.4, 0.5) is 0 Å². The zero-order valence-electron chi connectivity index (χ0n) is 13.7. The first-order chi connectivity index (χ1) is 9.29. The van der Waals surface area contributed by atoms with E-state index in [1.807, 2.05) is 33.8 Å². The van der Waals surface area contributed by atoms with Crippen molar-refractivity contribution in [1.82, 2.24) is 0 Å². The molecule has 19 heavy (non-hydrogen) atoms. The normalized spacial score (nSPS) is 15.7. The molecule has 0 radical (unpaired) electrons. The van der Waals surface area contributed by atoms with Crippen molar-refractivity contribution in [3.63, 3.8) is 0 Å². The number of hydrogen-bond acceptors (Lipinski definition) is 0. The minimum atomic E-state index is 0.468. The highest BCUT2D eigenvalue weighted by Gasteiger charge is 2.10. The lowest BCUT2D eigenvalue weighted by molar-refractivity contribution is 0.822. The molecule has 0 N–H and O–H groups in total. The van der Waals surface area contributed by atoms with Gasteiger partial charge in [-0.15, -0.1) is 0 Å². The third-order valence-corrected chi connectivity index (χ3v) is 2.69. The molecule has 0 nitrogen and oxygen atoms in total. The lowest BCUT2D eigenvalue weighted by atomic mass is 9.89. The van der Waals surface area contributed by atoms with E-state index in [9.17, 15) is 0 Å². The first-order valence-electron chi connectivity index (χ1n) is 7.61. The van der Waals surface area contributed by atoms with Crippen LogP contribution in [-0.2, 0) is 0 Å². The third kappa shape index (κ3) is 8.42. The quantitative estimate of drug-likeness (QED) is 0.497. The van der Waals surface area contributed by atoms with Gasteiger partial charge in [-0.05, 0) is 30.9 Å². The summed E-state index contributed by atoms with van der Waals surface area (Å²) in [5, 5.41) is 0. The van der Waals surface area contributed by atoms with Crippen LogP contribution in [0, 0.1) is 5.92 Å². The molecule has 0 aromatic heterocycles. The Morgan fingerprint density at radius 1 is 1.21 bits per heavy atom. The smallest absolute Gasteiger partial charge is 0.00576 e. The Morgan fingerprint density at radius 2 is 1.84 bits per heavy atom. The molecule has 1 unspecified atom stereocenters. The van der Waals surface area contributed by atoms with Gasteiger partial charge in [-0.1, -0.05) is 83.7 Å². The second-order valence-corrected chi connectivity index (χ2v) is 3.81. The summed E-state index contributed by atoms with van der Waals surface area (Å²) in [4.78, 5) is 0. The number of rotatable bonds is 4. The first-order valence-corrected chi connectivity index (χ1v) is 7.61. The maximum Gasteiger partial charge on any atom is 0.00576 e. The molecule has 1 rings (SSSR count). The van der Waals surface area contributed by atoms with Crippen LogP contribution in [0.5, 0.6) is 0 Å². The molecule has 0 heterocycles. The van der Waals surface area contributed by atoms with E-state index in [4.69, 9.17) is 0 Å². The minimum absolute atomic E-state index is 0.468. The van der Waals surface area contributed by atoms with Gasteiger partial charge in [0.15, 0.2) is 0 Å². The molecule has 1 atom stereocenters. The van der Waals surface area contributed by atoms with Crippen LogP contribution in [-0.4, -0.2) is 0 Å². The summed E-state index contributed by atoms with van der Waals surface area (Å²) in [5.41, 5.74) is 2.75. The Kier molecular flexibility index (Phi) is 15.6. The molecule has 0 aromatic carbocycles. The van der Waals surface area contributed by atoms with Crippen LogP contribution >= 0.6 is 0 Å². The van der Waals surface area contributed by atoms with Crippen LogP contribution in [0.15, 0.2) is 60.3 Å². The number of allylic oxidation sites excluding steroid dienone is 9. The molecule has 0 spiro atoms. The standard InChI is InChI=1S/C15H20.2C2H6/c1-4-9-14(10-5-2)13(3)15-11-7-6-8-12-15;2*1-2/h4-5,7,9-13H,1,6,8H2,2-3H3;2*1-2H3/b10-5-,14-9+;;. The van der Waals surface area contributed by atoms with Crippen LogP contribution in [0.2, 0.25) is 0 Å². The molecule has 0 heteroatoms. The highest BCUT2D eigenvalue weighted by Crippen LogP contribution is 2.25. The first kappa shape index (κ1) is 20.0. The van der Waals surface area contributed by atoms with Crippen LogP contribution in [0.3, 0.4) is 0 Å². The maximum atomic E-state index is 3.76. The van der Waals surface area contributed by atoms with E-state index in [0.29, 0.717) is 5.92 Å². The van der Waals surface area contributed by atoms with E-state index in [0.717, 1.165) is 0 Å². The van der Waals surface area contributed by atoms with E-state index in [-0.39, 0.29) is 0 Å². The van der Waals surface area contributed by atoms with Crippen molar-refractivity contribution < 1.29 is 0 Å². The Labute approximate surface area is 121 Å². The average molecular weight is 260 g/mol. The van der Waals surface area contributed by atoms with Crippen LogP contribution in [0.25, 0.3) is 0 Å². The van der Waals surface area contributed by atoms with Gasteiger partial charge in [-0.25, -0.2) is 0 Å².